The van der Waals surface area contributed by atoms with Crippen LogP contribution in [0.15, 0.2) is 0 Å². The first kappa shape index (κ1) is 10.5. The van der Waals surface area contributed by atoms with Gasteiger partial charge in [-0.25, -0.2) is 0 Å². The van der Waals surface area contributed by atoms with Crippen molar-refractivity contribution in [1.82, 2.24) is 10.2 Å². The summed E-state index contributed by atoms with van der Waals surface area (Å²) in [5, 5.41) is 16.7. The molecule has 1 rings (SSSR count). The zero-order valence-corrected chi connectivity index (χ0v) is 8.83. The molecular formula is C10H13N3O. The van der Waals surface area contributed by atoms with Crippen molar-refractivity contribution in [3.8, 4) is 11.9 Å². The Morgan fingerprint density at radius 1 is 1.29 bits per heavy atom. The van der Waals surface area contributed by atoms with Crippen molar-refractivity contribution in [1.29, 1.82) is 5.26 Å². The highest BCUT2D eigenvalue weighted by Gasteiger charge is 2.12. The lowest BCUT2D eigenvalue weighted by Crippen LogP contribution is -2.10. The molecule has 14 heavy (non-hydrogen) atoms. The maximum atomic E-state index is 8.94. The van der Waals surface area contributed by atoms with Crippen LogP contribution < -0.4 is 4.74 Å². The average molecular weight is 191 g/mol. The monoisotopic (exact) mass is 191 g/mol. The standard InChI is InChI=1S/C10H13N3O/c1-6(2)14-10-9(5-11)7(3)8(4)12-13-10/h6H,1-4H3. The normalized spacial score (nSPS) is 10.0. The lowest BCUT2D eigenvalue weighted by Gasteiger charge is -2.10. The molecule has 0 unspecified atom stereocenters. The number of rotatable bonds is 2. The summed E-state index contributed by atoms with van der Waals surface area (Å²) in [6.45, 7) is 7.44. The molecule has 0 saturated carbocycles. The van der Waals surface area contributed by atoms with Crippen LogP contribution in [-0.2, 0) is 0 Å². The Bertz CT molecular complexity index is 380. The van der Waals surface area contributed by atoms with E-state index in [-0.39, 0.29) is 6.10 Å². The molecule has 1 aromatic heterocycles. The third-order valence-corrected chi connectivity index (χ3v) is 1.88. The van der Waals surface area contributed by atoms with Crippen LogP contribution in [0.4, 0.5) is 0 Å². The topological polar surface area (TPSA) is 58.8 Å². The van der Waals surface area contributed by atoms with Crippen LogP contribution in [0, 0.1) is 25.2 Å². The molecule has 0 radical (unpaired) electrons. The number of ether oxygens (including phenoxy) is 1. The van der Waals surface area contributed by atoms with Crippen molar-refractivity contribution in [3.63, 3.8) is 0 Å². The smallest absolute Gasteiger partial charge is 0.252 e. The summed E-state index contributed by atoms with van der Waals surface area (Å²) >= 11 is 0. The largest absolute Gasteiger partial charge is 0.473 e. The van der Waals surface area contributed by atoms with E-state index in [2.05, 4.69) is 16.3 Å². The molecule has 0 aliphatic rings. The Labute approximate surface area is 83.5 Å². The molecule has 0 spiro atoms. The second-order valence-electron chi connectivity index (χ2n) is 3.37. The summed E-state index contributed by atoms with van der Waals surface area (Å²) in [5.74, 6) is 0.325. The Morgan fingerprint density at radius 2 is 1.93 bits per heavy atom. The minimum absolute atomic E-state index is 0.00138. The summed E-state index contributed by atoms with van der Waals surface area (Å²) < 4.78 is 5.38. The number of nitriles is 1. The molecule has 74 valence electrons. The van der Waals surface area contributed by atoms with E-state index >= 15 is 0 Å². The van der Waals surface area contributed by atoms with Gasteiger partial charge in [-0.05, 0) is 33.3 Å². The Morgan fingerprint density at radius 3 is 2.43 bits per heavy atom. The van der Waals surface area contributed by atoms with Gasteiger partial charge in [0.2, 0.25) is 0 Å². The van der Waals surface area contributed by atoms with Gasteiger partial charge in [-0.15, -0.1) is 5.10 Å². The van der Waals surface area contributed by atoms with E-state index in [0.717, 1.165) is 11.3 Å². The Balaban J connectivity index is 3.19. The zero-order valence-electron chi connectivity index (χ0n) is 8.83. The van der Waals surface area contributed by atoms with Gasteiger partial charge in [0, 0.05) is 0 Å². The van der Waals surface area contributed by atoms with Gasteiger partial charge < -0.3 is 4.74 Å². The van der Waals surface area contributed by atoms with E-state index in [1.54, 1.807) is 0 Å². The summed E-state index contributed by atoms with van der Waals surface area (Å²) in [5.41, 5.74) is 2.07. The summed E-state index contributed by atoms with van der Waals surface area (Å²) in [6, 6.07) is 2.08. The van der Waals surface area contributed by atoms with Crippen molar-refractivity contribution < 1.29 is 4.74 Å². The summed E-state index contributed by atoms with van der Waals surface area (Å²) in [7, 11) is 0. The molecule has 0 aromatic carbocycles. The van der Waals surface area contributed by atoms with Gasteiger partial charge >= 0.3 is 0 Å². The lowest BCUT2D eigenvalue weighted by atomic mass is 10.1. The molecule has 0 aliphatic carbocycles. The van der Waals surface area contributed by atoms with E-state index in [1.807, 2.05) is 27.7 Å². The fourth-order valence-corrected chi connectivity index (χ4v) is 1.02. The van der Waals surface area contributed by atoms with E-state index in [4.69, 9.17) is 10.00 Å². The first-order chi connectivity index (χ1) is 6.56. The molecule has 0 fully saturated rings. The zero-order chi connectivity index (χ0) is 10.7. The summed E-state index contributed by atoms with van der Waals surface area (Å²) in [6.07, 6.45) is -0.00138. The first-order valence-corrected chi connectivity index (χ1v) is 4.47. The third kappa shape index (κ3) is 1.99. The first-order valence-electron chi connectivity index (χ1n) is 4.47. The second kappa shape index (κ2) is 4.05. The maximum Gasteiger partial charge on any atom is 0.252 e. The molecule has 1 heterocycles. The van der Waals surface area contributed by atoms with Crippen molar-refractivity contribution in [2.24, 2.45) is 0 Å². The number of nitrogens with zero attached hydrogens (tertiary/aromatic N) is 3. The highest BCUT2D eigenvalue weighted by Crippen LogP contribution is 2.19. The molecular weight excluding hydrogens is 178 g/mol. The molecule has 0 saturated heterocycles. The minimum Gasteiger partial charge on any atom is -0.473 e. The van der Waals surface area contributed by atoms with Gasteiger partial charge in [0.25, 0.3) is 5.88 Å². The van der Waals surface area contributed by atoms with Gasteiger partial charge in [0.05, 0.1) is 11.8 Å². The maximum absolute atomic E-state index is 8.94. The van der Waals surface area contributed by atoms with Gasteiger partial charge in [-0.2, -0.15) is 10.4 Å². The summed E-state index contributed by atoms with van der Waals surface area (Å²) in [4.78, 5) is 0. The number of aryl methyl sites for hydroxylation is 1. The predicted octanol–water partition coefficient (Wildman–Crippen LogP) is 1.75. The van der Waals surface area contributed by atoms with Gasteiger partial charge in [-0.3, -0.25) is 0 Å². The molecule has 0 aliphatic heterocycles. The number of hydrogen-bond donors (Lipinski definition) is 0. The van der Waals surface area contributed by atoms with E-state index in [0.29, 0.717) is 11.4 Å². The van der Waals surface area contributed by atoms with Crippen molar-refractivity contribution >= 4 is 0 Å². The molecule has 0 bridgehead atoms. The van der Waals surface area contributed by atoms with Crippen LogP contribution in [0.3, 0.4) is 0 Å². The van der Waals surface area contributed by atoms with Crippen LogP contribution in [0.1, 0.15) is 30.7 Å². The molecule has 0 atom stereocenters. The predicted molar refractivity (Wildman–Crippen MR) is 52.0 cm³/mol. The fourth-order valence-electron chi connectivity index (χ4n) is 1.02. The van der Waals surface area contributed by atoms with E-state index in [9.17, 15) is 0 Å². The van der Waals surface area contributed by atoms with Crippen molar-refractivity contribution in [2.45, 2.75) is 33.8 Å². The van der Waals surface area contributed by atoms with E-state index < -0.39 is 0 Å². The van der Waals surface area contributed by atoms with Crippen molar-refractivity contribution in [3.05, 3.63) is 16.8 Å². The third-order valence-electron chi connectivity index (χ3n) is 1.88. The Kier molecular flexibility index (Phi) is 3.03. The molecule has 0 amide bonds. The van der Waals surface area contributed by atoms with Crippen LogP contribution >= 0.6 is 0 Å². The molecule has 1 aromatic rings. The lowest BCUT2D eigenvalue weighted by molar-refractivity contribution is 0.228. The van der Waals surface area contributed by atoms with Crippen LogP contribution in [0.2, 0.25) is 0 Å². The van der Waals surface area contributed by atoms with Crippen molar-refractivity contribution in [2.75, 3.05) is 0 Å². The highest BCUT2D eigenvalue weighted by molar-refractivity contribution is 5.44. The fraction of sp³-hybridized carbons (Fsp3) is 0.500. The highest BCUT2D eigenvalue weighted by atomic mass is 16.5. The minimum atomic E-state index is -0.00138. The van der Waals surface area contributed by atoms with Crippen LogP contribution in [0.5, 0.6) is 5.88 Å². The molecule has 4 heteroatoms. The van der Waals surface area contributed by atoms with Crippen LogP contribution in [-0.4, -0.2) is 16.3 Å². The molecule has 0 N–H and O–H groups in total. The van der Waals surface area contributed by atoms with Gasteiger partial charge in [0.15, 0.2) is 0 Å². The number of aromatic nitrogens is 2. The van der Waals surface area contributed by atoms with E-state index in [1.165, 1.54) is 0 Å². The quantitative estimate of drug-likeness (QED) is 0.714. The van der Waals surface area contributed by atoms with Gasteiger partial charge in [-0.1, -0.05) is 0 Å². The average Bonchev–Trinajstić information content (AvgIpc) is 2.11. The Hall–Kier alpha value is -1.63. The molecule has 4 nitrogen and oxygen atoms in total. The second-order valence-corrected chi connectivity index (χ2v) is 3.37. The SMILES string of the molecule is Cc1nnc(OC(C)C)c(C#N)c1C. The van der Waals surface area contributed by atoms with Gasteiger partial charge in [0.1, 0.15) is 11.6 Å². The van der Waals surface area contributed by atoms with Crippen LogP contribution in [0.25, 0.3) is 0 Å². The number of hydrogen-bond acceptors (Lipinski definition) is 4.